The first-order chi connectivity index (χ1) is 17.2. The number of carboxylic acid groups (broad SMARTS) is 2. The van der Waals surface area contributed by atoms with Gasteiger partial charge in [0.2, 0.25) is 17.7 Å². The quantitative estimate of drug-likeness (QED) is 0.141. The number of carbonyl (C=O) groups excluding carboxylic acids is 3. The second kappa shape index (κ2) is 14.8. The average Bonchev–Trinajstić information content (AvgIpc) is 2.79. The van der Waals surface area contributed by atoms with E-state index >= 15 is 0 Å². The minimum atomic E-state index is -1.49. The van der Waals surface area contributed by atoms with Crippen molar-refractivity contribution in [3.8, 4) is 5.75 Å². The Labute approximate surface area is 214 Å². The van der Waals surface area contributed by atoms with Crippen molar-refractivity contribution in [2.75, 3.05) is 0 Å². The van der Waals surface area contributed by atoms with Gasteiger partial charge in [0.15, 0.2) is 0 Å². The molecular weight excluding hydrogens is 488 g/mol. The lowest BCUT2D eigenvalue weighted by atomic mass is 10.0. The molecule has 5 atom stereocenters. The molecule has 0 radical (unpaired) electrons. The van der Waals surface area contributed by atoms with Crippen LogP contribution in [0, 0.1) is 5.92 Å². The van der Waals surface area contributed by atoms with Gasteiger partial charge < -0.3 is 42.1 Å². The molecule has 13 heteroatoms. The minimum Gasteiger partial charge on any atom is -0.508 e. The van der Waals surface area contributed by atoms with Gasteiger partial charge in [0.1, 0.15) is 23.9 Å². The fourth-order valence-electron chi connectivity index (χ4n) is 3.41. The number of phenols is 1. The summed E-state index contributed by atoms with van der Waals surface area (Å²) in [5, 5.41) is 44.7. The highest BCUT2D eigenvalue weighted by atomic mass is 16.4. The zero-order chi connectivity index (χ0) is 28.3. The van der Waals surface area contributed by atoms with Crippen molar-refractivity contribution in [1.82, 2.24) is 16.0 Å². The molecule has 0 aliphatic heterocycles. The number of nitrogens with one attached hydrogen (secondary N) is 3. The number of aliphatic carboxylic acids is 2. The van der Waals surface area contributed by atoms with Crippen molar-refractivity contribution < 1.29 is 44.4 Å². The van der Waals surface area contributed by atoms with Crippen LogP contribution in [-0.4, -0.2) is 80.4 Å². The minimum absolute atomic E-state index is 0.0455. The lowest BCUT2D eigenvalue weighted by molar-refractivity contribution is -0.143. The van der Waals surface area contributed by atoms with Crippen molar-refractivity contribution in [1.29, 1.82) is 0 Å². The van der Waals surface area contributed by atoms with E-state index in [0.29, 0.717) is 5.56 Å². The molecule has 0 aromatic heterocycles. The van der Waals surface area contributed by atoms with Crippen LogP contribution in [0.25, 0.3) is 0 Å². The number of aliphatic hydroxyl groups excluding tert-OH is 1. The highest BCUT2D eigenvalue weighted by Gasteiger charge is 2.32. The van der Waals surface area contributed by atoms with Crippen LogP contribution in [0.15, 0.2) is 24.3 Å². The van der Waals surface area contributed by atoms with Crippen molar-refractivity contribution >= 4 is 29.7 Å². The molecule has 5 unspecified atom stereocenters. The molecule has 0 bridgehead atoms. The Balaban J connectivity index is 2.92. The van der Waals surface area contributed by atoms with Gasteiger partial charge in [-0.3, -0.25) is 19.2 Å². The normalized spacial score (nSPS) is 15.1. The van der Waals surface area contributed by atoms with Gasteiger partial charge in [-0.15, -0.1) is 0 Å². The van der Waals surface area contributed by atoms with Crippen LogP contribution in [0.5, 0.6) is 5.75 Å². The number of aromatic hydroxyl groups is 1. The summed E-state index contributed by atoms with van der Waals surface area (Å²) in [6, 6.07) is 0.768. The van der Waals surface area contributed by atoms with Crippen molar-refractivity contribution in [2.45, 2.75) is 76.7 Å². The van der Waals surface area contributed by atoms with Crippen molar-refractivity contribution in [2.24, 2.45) is 11.7 Å². The maximum absolute atomic E-state index is 12.9. The maximum atomic E-state index is 12.9. The maximum Gasteiger partial charge on any atom is 0.326 e. The summed E-state index contributed by atoms with van der Waals surface area (Å²) in [7, 11) is 0. The number of carbonyl (C=O) groups is 5. The largest absolute Gasteiger partial charge is 0.508 e. The molecule has 0 saturated carbocycles. The highest BCUT2D eigenvalue weighted by molar-refractivity contribution is 5.94. The van der Waals surface area contributed by atoms with E-state index in [-0.39, 0.29) is 30.9 Å². The third-order valence-corrected chi connectivity index (χ3v) is 5.39. The molecule has 13 nitrogen and oxygen atoms in total. The van der Waals surface area contributed by atoms with E-state index in [9.17, 15) is 39.3 Å². The van der Waals surface area contributed by atoms with Gasteiger partial charge in [-0.25, -0.2) is 4.79 Å². The molecular formula is C24H36N4O9. The predicted molar refractivity (Wildman–Crippen MR) is 131 cm³/mol. The van der Waals surface area contributed by atoms with Gasteiger partial charge in [0.05, 0.1) is 12.1 Å². The summed E-state index contributed by atoms with van der Waals surface area (Å²) in [6.07, 6.45) is -2.02. The number of carboxylic acids is 2. The topological polar surface area (TPSA) is 228 Å². The van der Waals surface area contributed by atoms with Crippen LogP contribution in [-0.2, 0) is 30.4 Å². The average molecular weight is 525 g/mol. The summed E-state index contributed by atoms with van der Waals surface area (Å²) in [5.41, 5.74) is 6.59. The van der Waals surface area contributed by atoms with E-state index in [1.165, 1.54) is 19.1 Å². The molecule has 0 fully saturated rings. The van der Waals surface area contributed by atoms with Crippen LogP contribution in [0.3, 0.4) is 0 Å². The second-order valence-electron chi connectivity index (χ2n) is 9.23. The van der Waals surface area contributed by atoms with Crippen LogP contribution >= 0.6 is 0 Å². The van der Waals surface area contributed by atoms with Gasteiger partial charge in [0, 0.05) is 6.42 Å². The summed E-state index contributed by atoms with van der Waals surface area (Å²) >= 11 is 0. The van der Waals surface area contributed by atoms with Gasteiger partial charge in [-0.1, -0.05) is 26.0 Å². The van der Waals surface area contributed by atoms with Crippen molar-refractivity contribution in [3.05, 3.63) is 29.8 Å². The molecule has 0 heterocycles. The smallest absolute Gasteiger partial charge is 0.326 e. The number of nitrogens with two attached hydrogens (primary N) is 1. The Hall–Kier alpha value is -3.71. The zero-order valence-corrected chi connectivity index (χ0v) is 21.0. The van der Waals surface area contributed by atoms with Crippen LogP contribution in [0.4, 0.5) is 0 Å². The third kappa shape index (κ3) is 11.3. The molecule has 1 aromatic carbocycles. The Bertz CT molecular complexity index is 950. The lowest BCUT2D eigenvalue weighted by Gasteiger charge is -2.27. The van der Waals surface area contributed by atoms with E-state index < -0.39 is 66.4 Å². The molecule has 37 heavy (non-hydrogen) atoms. The number of phenolic OH excluding ortho intramolecular Hbond substituents is 1. The summed E-state index contributed by atoms with van der Waals surface area (Å²) in [5.74, 6) is -5.20. The van der Waals surface area contributed by atoms with Gasteiger partial charge in [0.25, 0.3) is 0 Å². The Kier molecular flexibility index (Phi) is 12.5. The molecule has 0 aliphatic rings. The Morgan fingerprint density at radius 1 is 0.865 bits per heavy atom. The number of benzene rings is 1. The third-order valence-electron chi connectivity index (χ3n) is 5.39. The van der Waals surface area contributed by atoms with Gasteiger partial charge >= 0.3 is 11.9 Å². The fraction of sp³-hybridized carbons (Fsp3) is 0.542. The summed E-state index contributed by atoms with van der Waals surface area (Å²) in [4.78, 5) is 60.6. The summed E-state index contributed by atoms with van der Waals surface area (Å²) < 4.78 is 0. The molecule has 0 aliphatic carbocycles. The van der Waals surface area contributed by atoms with Gasteiger partial charge in [-0.05, 0) is 49.8 Å². The van der Waals surface area contributed by atoms with Crippen LogP contribution < -0.4 is 21.7 Å². The number of rotatable bonds is 15. The van der Waals surface area contributed by atoms with Crippen LogP contribution in [0.2, 0.25) is 0 Å². The van der Waals surface area contributed by atoms with Gasteiger partial charge in [-0.2, -0.15) is 0 Å². The number of hydrogen-bond acceptors (Lipinski definition) is 8. The Morgan fingerprint density at radius 2 is 1.43 bits per heavy atom. The molecule has 1 rings (SSSR count). The number of hydrogen-bond donors (Lipinski definition) is 8. The van der Waals surface area contributed by atoms with Crippen molar-refractivity contribution in [3.63, 3.8) is 0 Å². The molecule has 3 amide bonds. The van der Waals surface area contributed by atoms with Crippen LogP contribution in [0.1, 0.15) is 45.6 Å². The standard InChI is InChI=1S/C24H36N4O9/c1-12(2)10-18(22(34)26-17(24(36)37)8-9-19(31)32)27-23(35)20(13(3)29)28-21(33)16(25)11-14-4-6-15(30)7-5-14/h4-7,12-13,16-18,20,29-30H,8-11,25H2,1-3H3,(H,26,34)(H,27,35)(H,28,33)(H,31,32)(H,36,37). The number of aliphatic hydroxyl groups is 1. The molecule has 206 valence electrons. The first kappa shape index (κ1) is 31.3. The second-order valence-corrected chi connectivity index (χ2v) is 9.23. The number of amides is 3. The van der Waals surface area contributed by atoms with E-state index in [1.807, 2.05) is 0 Å². The molecule has 9 N–H and O–H groups in total. The predicted octanol–water partition coefficient (Wildman–Crippen LogP) is -0.907. The Morgan fingerprint density at radius 3 is 1.92 bits per heavy atom. The van der Waals surface area contributed by atoms with E-state index in [1.54, 1.807) is 26.0 Å². The molecule has 1 aromatic rings. The SMILES string of the molecule is CC(C)CC(NC(=O)C(NC(=O)C(N)Cc1ccc(O)cc1)C(C)O)C(=O)NC(CCC(=O)O)C(=O)O. The highest BCUT2D eigenvalue weighted by Crippen LogP contribution is 2.12. The zero-order valence-electron chi connectivity index (χ0n) is 21.0. The van der Waals surface area contributed by atoms with E-state index in [2.05, 4.69) is 16.0 Å². The van der Waals surface area contributed by atoms with E-state index in [0.717, 1.165) is 0 Å². The van der Waals surface area contributed by atoms with E-state index in [4.69, 9.17) is 10.8 Å². The lowest BCUT2D eigenvalue weighted by Crippen LogP contribution is -2.60. The molecule has 0 spiro atoms. The summed E-state index contributed by atoms with van der Waals surface area (Å²) in [6.45, 7) is 4.80. The molecule has 0 saturated heterocycles. The first-order valence-electron chi connectivity index (χ1n) is 11.8. The monoisotopic (exact) mass is 524 g/mol. The fourth-order valence-corrected chi connectivity index (χ4v) is 3.41. The first-order valence-corrected chi connectivity index (χ1v) is 11.8.